The molecule has 2 aromatic heterocycles. The zero-order valence-electron chi connectivity index (χ0n) is 18.4. The highest BCUT2D eigenvalue weighted by Crippen LogP contribution is 2.40. The highest BCUT2D eigenvalue weighted by atomic mass is 16.3. The number of benzene rings is 1. The molecule has 4 rings (SSSR count). The monoisotopic (exact) mass is 434 g/mol. The van der Waals surface area contributed by atoms with Gasteiger partial charge in [-0.15, -0.1) is 0 Å². The normalized spacial score (nSPS) is 18.1. The third kappa shape index (κ3) is 3.85. The lowest BCUT2D eigenvalue weighted by molar-refractivity contribution is -0.140. The van der Waals surface area contributed by atoms with E-state index >= 15 is 0 Å². The molecule has 8 heteroatoms. The SMILES string of the molecule is Cc1c(C(O)=C2C(=O)C(=O)N(CCCN(C)C)[C@@H]2c2ccco2)cnn1-c1ccccc1. The predicted octanol–water partition coefficient (Wildman–Crippen LogP) is 3.15. The smallest absolute Gasteiger partial charge is 0.295 e. The molecule has 1 aromatic carbocycles. The zero-order valence-corrected chi connectivity index (χ0v) is 18.4. The van der Waals surface area contributed by atoms with Gasteiger partial charge in [0.25, 0.3) is 11.7 Å². The lowest BCUT2D eigenvalue weighted by Crippen LogP contribution is -2.32. The second-order valence-electron chi connectivity index (χ2n) is 8.06. The Hall–Kier alpha value is -3.65. The minimum Gasteiger partial charge on any atom is -0.507 e. The fourth-order valence-electron chi connectivity index (χ4n) is 4.03. The van der Waals surface area contributed by atoms with E-state index < -0.39 is 17.7 Å². The highest BCUT2D eigenvalue weighted by molar-refractivity contribution is 6.46. The van der Waals surface area contributed by atoms with Gasteiger partial charge in [-0.2, -0.15) is 5.10 Å². The standard InChI is InChI=1S/C24H26N4O4/c1-16-18(15-25-28(16)17-9-5-4-6-10-17)22(29)20-21(19-11-7-14-32-19)27(24(31)23(20)30)13-8-12-26(2)3/h4-7,9-11,14-15,21,29H,8,12-13H2,1-3H3/t21-/m1/s1. The number of aliphatic hydroxyl groups excluding tert-OH is 1. The van der Waals surface area contributed by atoms with Crippen molar-refractivity contribution in [3.63, 3.8) is 0 Å². The van der Waals surface area contributed by atoms with E-state index in [1.54, 1.807) is 16.8 Å². The number of carbonyl (C=O) groups excluding carboxylic acids is 2. The van der Waals surface area contributed by atoms with E-state index in [4.69, 9.17) is 4.42 Å². The molecular weight excluding hydrogens is 408 g/mol. The molecule has 0 aliphatic carbocycles. The molecule has 1 aliphatic heterocycles. The Morgan fingerprint density at radius 1 is 1.16 bits per heavy atom. The van der Waals surface area contributed by atoms with Gasteiger partial charge in [0.2, 0.25) is 0 Å². The van der Waals surface area contributed by atoms with Gasteiger partial charge in [0.05, 0.1) is 35.0 Å². The largest absolute Gasteiger partial charge is 0.507 e. The number of rotatable bonds is 7. The second kappa shape index (κ2) is 8.84. The summed E-state index contributed by atoms with van der Waals surface area (Å²) >= 11 is 0. The summed E-state index contributed by atoms with van der Waals surface area (Å²) in [6.07, 6.45) is 3.69. The molecule has 0 bridgehead atoms. The summed E-state index contributed by atoms with van der Waals surface area (Å²) in [5.41, 5.74) is 1.91. The van der Waals surface area contributed by atoms with Crippen molar-refractivity contribution in [2.45, 2.75) is 19.4 Å². The summed E-state index contributed by atoms with van der Waals surface area (Å²) in [7, 11) is 3.90. The molecule has 8 nitrogen and oxygen atoms in total. The van der Waals surface area contributed by atoms with Gasteiger partial charge >= 0.3 is 0 Å². The number of carbonyl (C=O) groups is 2. The molecule has 32 heavy (non-hydrogen) atoms. The molecule has 0 saturated carbocycles. The van der Waals surface area contributed by atoms with Crippen molar-refractivity contribution in [1.82, 2.24) is 19.6 Å². The first kappa shape index (κ1) is 21.6. The number of para-hydroxylation sites is 1. The molecule has 3 aromatic rings. The number of nitrogens with zero attached hydrogens (tertiary/aromatic N) is 4. The third-order valence-electron chi connectivity index (χ3n) is 5.62. The van der Waals surface area contributed by atoms with Crippen LogP contribution in [0, 0.1) is 6.92 Å². The summed E-state index contributed by atoms with van der Waals surface area (Å²) < 4.78 is 7.25. The Balaban J connectivity index is 1.77. The van der Waals surface area contributed by atoms with Crippen molar-refractivity contribution in [1.29, 1.82) is 0 Å². The molecule has 1 atom stereocenters. The van der Waals surface area contributed by atoms with Crippen LogP contribution in [-0.2, 0) is 9.59 Å². The van der Waals surface area contributed by atoms with Gasteiger partial charge in [-0.05, 0) is 58.3 Å². The van der Waals surface area contributed by atoms with Crippen molar-refractivity contribution < 1.29 is 19.1 Å². The van der Waals surface area contributed by atoms with E-state index in [1.807, 2.05) is 56.3 Å². The Morgan fingerprint density at radius 3 is 2.56 bits per heavy atom. The van der Waals surface area contributed by atoms with E-state index in [0.29, 0.717) is 30.0 Å². The third-order valence-corrected chi connectivity index (χ3v) is 5.62. The van der Waals surface area contributed by atoms with E-state index in [-0.39, 0.29) is 11.3 Å². The van der Waals surface area contributed by atoms with E-state index in [9.17, 15) is 14.7 Å². The highest BCUT2D eigenvalue weighted by Gasteiger charge is 2.47. The van der Waals surface area contributed by atoms with Gasteiger partial charge in [0, 0.05) is 6.54 Å². The van der Waals surface area contributed by atoms with Gasteiger partial charge in [-0.3, -0.25) is 9.59 Å². The van der Waals surface area contributed by atoms with Crippen LogP contribution in [0.15, 0.2) is 64.9 Å². The van der Waals surface area contributed by atoms with Crippen molar-refractivity contribution in [2.75, 3.05) is 27.2 Å². The van der Waals surface area contributed by atoms with Crippen LogP contribution in [0.5, 0.6) is 0 Å². The number of ketones is 1. The molecule has 1 aliphatic rings. The summed E-state index contributed by atoms with van der Waals surface area (Å²) in [5, 5.41) is 15.6. The second-order valence-corrected chi connectivity index (χ2v) is 8.06. The summed E-state index contributed by atoms with van der Waals surface area (Å²) in [4.78, 5) is 29.4. The molecule has 166 valence electrons. The lowest BCUT2D eigenvalue weighted by Gasteiger charge is -2.23. The van der Waals surface area contributed by atoms with Crippen LogP contribution in [0.1, 0.15) is 29.5 Å². The number of hydrogen-bond donors (Lipinski definition) is 1. The molecule has 1 N–H and O–H groups in total. The molecular formula is C24H26N4O4. The van der Waals surface area contributed by atoms with Crippen LogP contribution in [0.2, 0.25) is 0 Å². The number of aliphatic hydroxyl groups is 1. The summed E-state index contributed by atoms with van der Waals surface area (Å²) in [6.45, 7) is 2.94. The Bertz CT molecular complexity index is 1150. The van der Waals surface area contributed by atoms with Crippen LogP contribution >= 0.6 is 0 Å². The van der Waals surface area contributed by atoms with Crippen molar-refractivity contribution in [2.24, 2.45) is 0 Å². The molecule has 1 saturated heterocycles. The molecule has 1 fully saturated rings. The molecule has 3 heterocycles. The fourth-order valence-corrected chi connectivity index (χ4v) is 4.03. The van der Waals surface area contributed by atoms with Crippen LogP contribution in [-0.4, -0.2) is 63.6 Å². The Kier molecular flexibility index (Phi) is 5.96. The van der Waals surface area contributed by atoms with Crippen molar-refractivity contribution in [3.8, 4) is 5.69 Å². The van der Waals surface area contributed by atoms with Crippen molar-refractivity contribution >= 4 is 17.4 Å². The van der Waals surface area contributed by atoms with Crippen LogP contribution in [0.25, 0.3) is 11.4 Å². The number of amides is 1. The molecule has 0 unspecified atom stereocenters. The number of Topliss-reactive ketones (excluding diaryl/α,β-unsaturated/α-hetero) is 1. The maximum absolute atomic E-state index is 13.0. The summed E-state index contributed by atoms with van der Waals surface area (Å²) in [6, 6.07) is 12.1. The number of hydrogen-bond acceptors (Lipinski definition) is 6. The quantitative estimate of drug-likeness (QED) is 0.349. The van der Waals surface area contributed by atoms with Gasteiger partial charge < -0.3 is 19.3 Å². The Labute approximate surface area is 186 Å². The van der Waals surface area contributed by atoms with Crippen LogP contribution in [0.4, 0.5) is 0 Å². The van der Waals surface area contributed by atoms with Crippen LogP contribution in [0.3, 0.4) is 0 Å². The fraction of sp³-hybridized carbons (Fsp3) is 0.292. The zero-order chi connectivity index (χ0) is 22.8. The topological polar surface area (TPSA) is 91.8 Å². The average molecular weight is 434 g/mol. The molecule has 1 amide bonds. The first-order valence-electron chi connectivity index (χ1n) is 10.5. The minimum atomic E-state index is -0.786. The number of furan rings is 1. The van der Waals surface area contributed by atoms with Gasteiger partial charge in [-0.1, -0.05) is 18.2 Å². The van der Waals surface area contributed by atoms with Crippen LogP contribution < -0.4 is 0 Å². The van der Waals surface area contributed by atoms with Gasteiger partial charge in [0.1, 0.15) is 17.6 Å². The van der Waals surface area contributed by atoms with E-state index in [2.05, 4.69) is 5.10 Å². The number of aromatic nitrogens is 2. The van der Waals surface area contributed by atoms with E-state index in [1.165, 1.54) is 17.4 Å². The van der Waals surface area contributed by atoms with Gasteiger partial charge in [-0.25, -0.2) is 4.68 Å². The number of likely N-dealkylation sites (tertiary alicyclic amines) is 1. The Morgan fingerprint density at radius 2 is 1.91 bits per heavy atom. The van der Waals surface area contributed by atoms with Gasteiger partial charge in [0.15, 0.2) is 0 Å². The van der Waals surface area contributed by atoms with Crippen molar-refractivity contribution in [3.05, 3.63) is 77.5 Å². The average Bonchev–Trinajstić information content (AvgIpc) is 3.49. The maximum Gasteiger partial charge on any atom is 0.295 e. The summed E-state index contributed by atoms with van der Waals surface area (Å²) in [5.74, 6) is -1.18. The van der Waals surface area contributed by atoms with E-state index in [0.717, 1.165) is 12.2 Å². The maximum atomic E-state index is 13.0. The first-order valence-corrected chi connectivity index (χ1v) is 10.5. The molecule has 0 spiro atoms. The first-order chi connectivity index (χ1) is 15.4. The predicted molar refractivity (Wildman–Crippen MR) is 119 cm³/mol. The lowest BCUT2D eigenvalue weighted by atomic mass is 9.99. The minimum absolute atomic E-state index is 0.0190. The molecule has 0 radical (unpaired) electrons.